The van der Waals surface area contributed by atoms with E-state index in [0.717, 1.165) is 25.7 Å². The average Bonchev–Trinajstić information content (AvgIpc) is 2.77. The lowest BCUT2D eigenvalue weighted by Crippen LogP contribution is -2.37. The number of aromatic nitrogens is 1. The van der Waals surface area contributed by atoms with E-state index in [-0.39, 0.29) is 17.5 Å². The van der Waals surface area contributed by atoms with Crippen LogP contribution in [-0.2, 0) is 0 Å². The molecule has 1 fully saturated rings. The highest BCUT2D eigenvalue weighted by Gasteiger charge is 2.25. The number of hydrogen-bond acceptors (Lipinski definition) is 3. The summed E-state index contributed by atoms with van der Waals surface area (Å²) in [6, 6.07) is 10.6. The molecule has 0 radical (unpaired) electrons. The zero-order valence-corrected chi connectivity index (χ0v) is 18.1. The normalized spacial score (nSPS) is 19.9. The van der Waals surface area contributed by atoms with Crippen LogP contribution in [0, 0.1) is 0 Å². The summed E-state index contributed by atoms with van der Waals surface area (Å²) < 4.78 is 0. The Kier molecular flexibility index (Phi) is 7.72. The van der Waals surface area contributed by atoms with Crippen LogP contribution >= 0.6 is 0 Å². The highest BCUT2D eigenvalue weighted by atomic mass is 16.3. The zero-order chi connectivity index (χ0) is 21.5. The van der Waals surface area contributed by atoms with Gasteiger partial charge < -0.3 is 15.4 Å². The van der Waals surface area contributed by atoms with Gasteiger partial charge in [0.05, 0.1) is 5.56 Å². The van der Waals surface area contributed by atoms with Crippen LogP contribution in [0.4, 0.5) is 0 Å². The van der Waals surface area contributed by atoms with E-state index in [0.29, 0.717) is 11.8 Å². The first-order chi connectivity index (χ1) is 14.5. The largest absolute Gasteiger partial charge is 0.502 e. The maximum Gasteiger partial charge on any atom is 0.290 e. The molecule has 5 heteroatoms. The third kappa shape index (κ3) is 5.32. The molecule has 5 nitrogen and oxygen atoms in total. The Hall–Kier alpha value is -2.56. The molecule has 162 valence electrons. The van der Waals surface area contributed by atoms with Crippen LogP contribution in [0.3, 0.4) is 0 Å². The van der Waals surface area contributed by atoms with Crippen LogP contribution in [0.2, 0.25) is 0 Å². The van der Waals surface area contributed by atoms with Gasteiger partial charge in [-0.05, 0) is 67.6 Å². The lowest BCUT2D eigenvalue weighted by Gasteiger charge is -2.30. The van der Waals surface area contributed by atoms with Crippen LogP contribution < -0.4 is 10.9 Å². The second-order valence-corrected chi connectivity index (χ2v) is 8.51. The van der Waals surface area contributed by atoms with Gasteiger partial charge in [-0.3, -0.25) is 9.59 Å². The molecular formula is C25H34N2O3. The number of H-pyrrole nitrogens is 1. The number of pyridine rings is 1. The number of nitrogens with one attached hydrogen (secondary N) is 2. The summed E-state index contributed by atoms with van der Waals surface area (Å²) in [6.45, 7) is 4.52. The second-order valence-electron chi connectivity index (χ2n) is 8.51. The molecule has 1 unspecified atom stereocenters. The third-order valence-electron chi connectivity index (χ3n) is 6.49. The van der Waals surface area contributed by atoms with Crippen LogP contribution in [0.5, 0.6) is 5.75 Å². The van der Waals surface area contributed by atoms with Gasteiger partial charge in [0.1, 0.15) is 0 Å². The molecule has 0 bridgehead atoms. The fourth-order valence-corrected chi connectivity index (χ4v) is 4.61. The summed E-state index contributed by atoms with van der Waals surface area (Å²) in [5.74, 6) is 0.261. The van der Waals surface area contributed by atoms with Crippen LogP contribution in [0.1, 0.15) is 98.5 Å². The van der Waals surface area contributed by atoms with Crippen molar-refractivity contribution in [2.24, 2.45) is 0 Å². The van der Waals surface area contributed by atoms with Crippen molar-refractivity contribution < 1.29 is 9.90 Å². The number of unbranched alkanes of at least 4 members (excludes halogenated alkanes) is 1. The highest BCUT2D eigenvalue weighted by molar-refractivity contribution is 5.96. The molecule has 0 spiro atoms. The predicted molar refractivity (Wildman–Crippen MR) is 120 cm³/mol. The van der Waals surface area contributed by atoms with E-state index >= 15 is 0 Å². The minimum absolute atomic E-state index is 0.0336. The van der Waals surface area contributed by atoms with E-state index in [2.05, 4.69) is 48.4 Å². The van der Waals surface area contributed by atoms with E-state index in [1.54, 1.807) is 0 Å². The van der Waals surface area contributed by atoms with Gasteiger partial charge in [-0.15, -0.1) is 0 Å². The quantitative estimate of drug-likeness (QED) is 0.558. The van der Waals surface area contributed by atoms with E-state index in [9.17, 15) is 14.7 Å². The van der Waals surface area contributed by atoms with Crippen LogP contribution in [-0.4, -0.2) is 22.0 Å². The highest BCUT2D eigenvalue weighted by Crippen LogP contribution is 2.35. The van der Waals surface area contributed by atoms with Gasteiger partial charge >= 0.3 is 0 Å². The Bertz CT molecular complexity index is 897. The summed E-state index contributed by atoms with van der Waals surface area (Å²) in [4.78, 5) is 26.3. The van der Waals surface area contributed by atoms with E-state index in [1.807, 2.05) is 0 Å². The van der Waals surface area contributed by atoms with Crippen molar-refractivity contribution in [2.45, 2.75) is 83.1 Å². The van der Waals surface area contributed by atoms with Gasteiger partial charge in [-0.2, -0.15) is 0 Å². The molecule has 0 aliphatic heterocycles. The number of benzene rings is 1. The van der Waals surface area contributed by atoms with Crippen LogP contribution in [0.15, 0.2) is 41.3 Å². The van der Waals surface area contributed by atoms with Gasteiger partial charge in [-0.25, -0.2) is 0 Å². The van der Waals surface area contributed by atoms with Gasteiger partial charge in [0.25, 0.3) is 11.5 Å². The monoisotopic (exact) mass is 410 g/mol. The van der Waals surface area contributed by atoms with E-state index in [1.165, 1.54) is 49.1 Å². The number of amides is 1. The Morgan fingerprint density at radius 3 is 2.67 bits per heavy atom. The fourth-order valence-electron chi connectivity index (χ4n) is 4.61. The Labute approximate surface area is 178 Å². The van der Waals surface area contributed by atoms with Gasteiger partial charge in [0.2, 0.25) is 0 Å². The Morgan fingerprint density at radius 1 is 1.20 bits per heavy atom. The number of hydrogen-bond donors (Lipinski definition) is 3. The SMILES string of the molecule is CCCCC(CC)c1cccc(C2CCC(NC(=O)c3cc[nH]c(=O)c3O)CC2)c1. The van der Waals surface area contributed by atoms with E-state index < -0.39 is 11.3 Å². The minimum atomic E-state index is -0.643. The number of rotatable bonds is 8. The topological polar surface area (TPSA) is 82.2 Å². The van der Waals surface area contributed by atoms with Crippen molar-refractivity contribution in [3.05, 3.63) is 63.6 Å². The lowest BCUT2D eigenvalue weighted by molar-refractivity contribution is 0.0922. The standard InChI is InChI=1S/C25H34N2O3/c1-3-5-7-17(4-2)19-8-6-9-20(16-19)18-10-12-21(13-11-18)27-24(29)22-14-15-26-25(30)23(22)28/h6,8-9,14-18,21,28H,3-5,7,10-13H2,1-2H3,(H,26,30)(H,27,29). The zero-order valence-electron chi connectivity index (χ0n) is 18.1. The molecule has 30 heavy (non-hydrogen) atoms. The lowest BCUT2D eigenvalue weighted by atomic mass is 9.80. The third-order valence-corrected chi connectivity index (χ3v) is 6.49. The summed E-state index contributed by atoms with van der Waals surface area (Å²) in [6.07, 6.45) is 10.2. The van der Waals surface area contributed by atoms with Crippen molar-refractivity contribution in [3.63, 3.8) is 0 Å². The van der Waals surface area contributed by atoms with Crippen molar-refractivity contribution in [1.82, 2.24) is 10.3 Å². The summed E-state index contributed by atoms with van der Waals surface area (Å²) in [7, 11) is 0. The van der Waals surface area contributed by atoms with Gasteiger partial charge in [0, 0.05) is 12.2 Å². The molecule has 1 aromatic carbocycles. The van der Waals surface area contributed by atoms with E-state index in [4.69, 9.17) is 0 Å². The summed E-state index contributed by atoms with van der Waals surface area (Å²) in [5, 5.41) is 12.8. The molecule has 1 amide bonds. The first kappa shape index (κ1) is 22.1. The Morgan fingerprint density at radius 2 is 1.97 bits per heavy atom. The molecule has 1 aromatic heterocycles. The summed E-state index contributed by atoms with van der Waals surface area (Å²) in [5.41, 5.74) is 2.27. The predicted octanol–water partition coefficient (Wildman–Crippen LogP) is 5.22. The smallest absolute Gasteiger partial charge is 0.290 e. The van der Waals surface area contributed by atoms with Crippen molar-refractivity contribution >= 4 is 5.91 Å². The molecule has 1 heterocycles. The number of aromatic amines is 1. The molecule has 1 atom stereocenters. The number of carbonyl (C=O) groups excluding carboxylic acids is 1. The maximum atomic E-state index is 12.5. The van der Waals surface area contributed by atoms with Crippen molar-refractivity contribution in [3.8, 4) is 5.75 Å². The average molecular weight is 411 g/mol. The molecule has 3 N–H and O–H groups in total. The maximum absolute atomic E-state index is 12.5. The van der Waals surface area contributed by atoms with Gasteiger partial charge in [-0.1, -0.05) is 51.0 Å². The first-order valence-corrected chi connectivity index (χ1v) is 11.3. The molecule has 1 aliphatic carbocycles. The molecule has 1 aliphatic rings. The molecule has 3 rings (SSSR count). The second kappa shape index (κ2) is 10.5. The molecule has 1 saturated carbocycles. The Balaban J connectivity index is 1.59. The van der Waals surface area contributed by atoms with Gasteiger partial charge in [0.15, 0.2) is 5.75 Å². The first-order valence-electron chi connectivity index (χ1n) is 11.3. The van der Waals surface area contributed by atoms with Crippen LogP contribution in [0.25, 0.3) is 0 Å². The van der Waals surface area contributed by atoms with Crippen molar-refractivity contribution in [2.75, 3.05) is 0 Å². The molecule has 0 saturated heterocycles. The summed E-state index contributed by atoms with van der Waals surface area (Å²) >= 11 is 0. The molecule has 2 aromatic rings. The molecular weight excluding hydrogens is 376 g/mol. The minimum Gasteiger partial charge on any atom is -0.502 e. The number of carbonyl (C=O) groups is 1. The van der Waals surface area contributed by atoms with Crippen molar-refractivity contribution in [1.29, 1.82) is 0 Å². The number of aromatic hydroxyl groups is 1. The fraction of sp³-hybridized carbons (Fsp3) is 0.520.